The molecule has 1 heterocycles. The first-order chi connectivity index (χ1) is 12.5. The van der Waals surface area contributed by atoms with Gasteiger partial charge in [-0.2, -0.15) is 13.1 Å². The Kier molecular flexibility index (Phi) is 5.43. The van der Waals surface area contributed by atoms with Gasteiger partial charge >= 0.3 is 6.09 Å². The number of anilines is 2. The molecule has 0 saturated heterocycles. The predicted molar refractivity (Wildman–Crippen MR) is 100 cm³/mol. The molecule has 8 heteroatoms. The summed E-state index contributed by atoms with van der Waals surface area (Å²) in [6.45, 7) is 0.792. The molecule has 2 aromatic rings. The van der Waals surface area contributed by atoms with E-state index in [4.69, 9.17) is 4.74 Å². The molecule has 3 rings (SSSR count). The number of hydrogen-bond acceptors (Lipinski definition) is 4. The second kappa shape index (κ2) is 7.76. The molecule has 0 bridgehead atoms. The van der Waals surface area contributed by atoms with Gasteiger partial charge in [0.05, 0.1) is 18.5 Å². The Morgan fingerprint density at radius 3 is 2.69 bits per heavy atom. The number of amides is 1. The van der Waals surface area contributed by atoms with Crippen LogP contribution in [0.2, 0.25) is 0 Å². The molecule has 0 fully saturated rings. The van der Waals surface area contributed by atoms with E-state index in [0.29, 0.717) is 12.2 Å². The molecular weight excluding hydrogens is 354 g/mol. The molecule has 2 aromatic carbocycles. The number of benzene rings is 2. The molecule has 1 aliphatic heterocycles. The monoisotopic (exact) mass is 375 g/mol. The second-order valence-corrected chi connectivity index (χ2v) is 7.48. The Balaban J connectivity index is 1.71. The zero-order chi connectivity index (χ0) is 18.6. The van der Waals surface area contributed by atoms with Crippen molar-refractivity contribution in [1.82, 2.24) is 4.72 Å². The van der Waals surface area contributed by atoms with Crippen LogP contribution >= 0.6 is 0 Å². The van der Waals surface area contributed by atoms with Crippen LogP contribution < -0.4 is 14.3 Å². The molecule has 1 amide bonds. The molecule has 0 spiro atoms. The highest BCUT2D eigenvalue weighted by molar-refractivity contribution is 7.90. The fraction of sp³-hybridized carbons (Fsp3) is 0.278. The number of rotatable bonds is 5. The Morgan fingerprint density at radius 2 is 1.96 bits per heavy atom. The molecule has 1 aliphatic rings. The second-order valence-electron chi connectivity index (χ2n) is 5.98. The van der Waals surface area contributed by atoms with E-state index in [1.807, 2.05) is 30.3 Å². The lowest BCUT2D eigenvalue weighted by Gasteiger charge is -2.28. The lowest BCUT2D eigenvalue weighted by atomic mass is 10.0. The normalized spacial score (nSPS) is 13.8. The number of nitrogens with zero attached hydrogens (tertiary/aromatic N) is 1. The standard InChI is InChI=1S/C18H21N3O4S/c1-25-18(22)21-11-5-8-15-12-16(9-10-17(15)21)20-26(23,24)19-13-14-6-3-2-4-7-14/h2-4,6-7,9-10,12,19-20H,5,8,11,13H2,1H3. The number of carbonyl (C=O) groups excluding carboxylic acids is 1. The molecular formula is C18H21N3O4S. The van der Waals surface area contributed by atoms with Crippen molar-refractivity contribution in [3.8, 4) is 0 Å². The summed E-state index contributed by atoms with van der Waals surface area (Å²) in [4.78, 5) is 13.4. The predicted octanol–water partition coefficient (Wildman–Crippen LogP) is 2.65. The molecule has 0 atom stereocenters. The molecule has 0 aromatic heterocycles. The van der Waals surface area contributed by atoms with Gasteiger partial charge in [-0.25, -0.2) is 4.79 Å². The molecule has 138 valence electrons. The van der Waals surface area contributed by atoms with E-state index in [9.17, 15) is 13.2 Å². The van der Waals surface area contributed by atoms with Crippen LogP contribution in [0, 0.1) is 0 Å². The van der Waals surface area contributed by atoms with E-state index >= 15 is 0 Å². The van der Waals surface area contributed by atoms with Gasteiger partial charge in [-0.15, -0.1) is 0 Å². The van der Waals surface area contributed by atoms with Crippen LogP contribution in [0.3, 0.4) is 0 Å². The summed E-state index contributed by atoms with van der Waals surface area (Å²) in [7, 11) is -2.35. The SMILES string of the molecule is COC(=O)N1CCCc2cc(NS(=O)(=O)NCc3ccccc3)ccc21. The largest absolute Gasteiger partial charge is 0.452 e. The number of hydrogen-bond donors (Lipinski definition) is 2. The van der Waals surface area contributed by atoms with E-state index in [-0.39, 0.29) is 6.54 Å². The summed E-state index contributed by atoms with van der Waals surface area (Å²) in [5, 5.41) is 0. The Labute approximate surface area is 153 Å². The van der Waals surface area contributed by atoms with Gasteiger partial charge in [-0.05, 0) is 42.2 Å². The maximum atomic E-state index is 12.3. The van der Waals surface area contributed by atoms with Crippen molar-refractivity contribution in [2.45, 2.75) is 19.4 Å². The quantitative estimate of drug-likeness (QED) is 0.841. The lowest BCUT2D eigenvalue weighted by Crippen LogP contribution is -2.35. The lowest BCUT2D eigenvalue weighted by molar-refractivity contribution is 0.178. The smallest absolute Gasteiger partial charge is 0.414 e. The number of ether oxygens (including phenoxy) is 1. The van der Waals surface area contributed by atoms with Crippen molar-refractivity contribution >= 4 is 27.7 Å². The van der Waals surface area contributed by atoms with Gasteiger partial charge in [0.2, 0.25) is 0 Å². The number of fused-ring (bicyclic) bond motifs is 1. The fourth-order valence-corrected chi connectivity index (χ4v) is 3.79. The summed E-state index contributed by atoms with van der Waals surface area (Å²) >= 11 is 0. The Bertz CT molecular complexity index is 885. The zero-order valence-corrected chi connectivity index (χ0v) is 15.3. The Hall–Kier alpha value is -2.58. The molecule has 26 heavy (non-hydrogen) atoms. The van der Waals surface area contributed by atoms with Crippen molar-refractivity contribution in [3.05, 3.63) is 59.7 Å². The van der Waals surface area contributed by atoms with E-state index in [1.54, 1.807) is 23.1 Å². The van der Waals surface area contributed by atoms with Crippen molar-refractivity contribution in [2.24, 2.45) is 0 Å². The highest BCUT2D eigenvalue weighted by atomic mass is 32.2. The van der Waals surface area contributed by atoms with Gasteiger partial charge in [-0.1, -0.05) is 30.3 Å². The van der Waals surface area contributed by atoms with Crippen molar-refractivity contribution < 1.29 is 17.9 Å². The summed E-state index contributed by atoms with van der Waals surface area (Å²) in [6.07, 6.45) is 1.16. The minimum Gasteiger partial charge on any atom is -0.452 e. The van der Waals surface area contributed by atoms with Crippen LogP contribution in [0.15, 0.2) is 48.5 Å². The average molecular weight is 375 g/mol. The highest BCUT2D eigenvalue weighted by Crippen LogP contribution is 2.30. The first kappa shape index (κ1) is 18.2. The van der Waals surface area contributed by atoms with Crippen molar-refractivity contribution in [1.29, 1.82) is 0 Å². The van der Waals surface area contributed by atoms with Gasteiger partial charge in [0.15, 0.2) is 0 Å². The fourth-order valence-electron chi connectivity index (χ4n) is 2.93. The van der Waals surface area contributed by atoms with Crippen LogP contribution in [0.4, 0.5) is 16.2 Å². The first-order valence-corrected chi connectivity index (χ1v) is 9.76. The molecule has 7 nitrogen and oxygen atoms in total. The topological polar surface area (TPSA) is 87.7 Å². The van der Waals surface area contributed by atoms with Crippen molar-refractivity contribution in [3.63, 3.8) is 0 Å². The highest BCUT2D eigenvalue weighted by Gasteiger charge is 2.23. The van der Waals surface area contributed by atoms with Crippen LogP contribution in [0.1, 0.15) is 17.5 Å². The average Bonchev–Trinajstić information content (AvgIpc) is 2.65. The molecule has 0 radical (unpaired) electrons. The Morgan fingerprint density at radius 1 is 1.19 bits per heavy atom. The van der Waals surface area contributed by atoms with E-state index < -0.39 is 16.3 Å². The molecule has 2 N–H and O–H groups in total. The van der Waals surface area contributed by atoms with Crippen LogP contribution in [-0.2, 0) is 27.9 Å². The van der Waals surface area contributed by atoms with E-state index in [2.05, 4.69) is 9.44 Å². The number of methoxy groups -OCH3 is 1. The van der Waals surface area contributed by atoms with Crippen LogP contribution in [-0.4, -0.2) is 28.2 Å². The molecule has 0 unspecified atom stereocenters. The van der Waals surface area contributed by atoms with Gasteiger partial charge in [0, 0.05) is 13.1 Å². The molecule has 0 aliphatic carbocycles. The number of nitrogens with one attached hydrogen (secondary N) is 2. The third-order valence-corrected chi connectivity index (χ3v) is 5.18. The minimum absolute atomic E-state index is 0.206. The number of carbonyl (C=O) groups is 1. The van der Waals surface area contributed by atoms with Gasteiger partial charge < -0.3 is 4.74 Å². The maximum absolute atomic E-state index is 12.3. The summed E-state index contributed by atoms with van der Waals surface area (Å²) in [5.41, 5.74) is 2.99. The third-order valence-electron chi connectivity index (χ3n) is 4.15. The van der Waals surface area contributed by atoms with Crippen LogP contribution in [0.5, 0.6) is 0 Å². The summed E-state index contributed by atoms with van der Waals surface area (Å²) in [6, 6.07) is 14.4. The number of aryl methyl sites for hydroxylation is 1. The summed E-state index contributed by atoms with van der Waals surface area (Å²) in [5.74, 6) is 0. The van der Waals surface area contributed by atoms with Gasteiger partial charge in [0.1, 0.15) is 0 Å². The van der Waals surface area contributed by atoms with Gasteiger partial charge in [0.25, 0.3) is 10.2 Å². The van der Waals surface area contributed by atoms with Gasteiger partial charge in [-0.3, -0.25) is 9.62 Å². The van der Waals surface area contributed by atoms with Crippen molar-refractivity contribution in [2.75, 3.05) is 23.3 Å². The first-order valence-electron chi connectivity index (χ1n) is 8.28. The van der Waals surface area contributed by atoms with E-state index in [1.165, 1.54) is 7.11 Å². The van der Waals surface area contributed by atoms with E-state index in [0.717, 1.165) is 29.7 Å². The molecule has 0 saturated carbocycles. The maximum Gasteiger partial charge on any atom is 0.414 e. The van der Waals surface area contributed by atoms with Crippen LogP contribution in [0.25, 0.3) is 0 Å². The summed E-state index contributed by atoms with van der Waals surface area (Å²) < 4.78 is 34.3. The minimum atomic E-state index is -3.70. The third kappa shape index (κ3) is 4.33. The zero-order valence-electron chi connectivity index (χ0n) is 14.4.